The molecular weight excluding hydrogens is 172 g/mol. The normalized spacial score (nSPS) is 21.0. The minimum absolute atomic E-state index is 0.540. The van der Waals surface area contributed by atoms with Gasteiger partial charge in [-0.25, -0.2) is 0 Å². The van der Waals surface area contributed by atoms with Crippen LogP contribution in [0.5, 0.6) is 0 Å². The Labute approximate surface area is 88.8 Å². The van der Waals surface area contributed by atoms with E-state index in [0.29, 0.717) is 6.17 Å². The molecule has 0 aromatic rings. The lowest BCUT2D eigenvalue weighted by molar-refractivity contribution is 0.303. The summed E-state index contributed by atoms with van der Waals surface area (Å²) in [5, 5.41) is 7.28. The molecule has 1 atom stereocenters. The van der Waals surface area contributed by atoms with E-state index in [1.165, 1.54) is 44.9 Å². The van der Waals surface area contributed by atoms with E-state index < -0.39 is 0 Å². The van der Waals surface area contributed by atoms with Gasteiger partial charge in [0.25, 0.3) is 0 Å². The fraction of sp³-hybridized carbons (Fsp3) is 1.00. The van der Waals surface area contributed by atoms with Crippen molar-refractivity contribution in [2.45, 2.75) is 71.0 Å². The standard InChI is InChI=1S/C12H26N2/c1-3-10-13-12(4-2)14-11-8-6-5-7-9-11/h11-14H,3-10H2,1-2H3. The van der Waals surface area contributed by atoms with Gasteiger partial charge in [-0.05, 0) is 32.2 Å². The van der Waals surface area contributed by atoms with Crippen molar-refractivity contribution in [2.75, 3.05) is 6.54 Å². The molecule has 0 spiro atoms. The fourth-order valence-electron chi connectivity index (χ4n) is 2.19. The maximum absolute atomic E-state index is 3.73. The van der Waals surface area contributed by atoms with Gasteiger partial charge in [0.1, 0.15) is 0 Å². The third kappa shape index (κ3) is 4.43. The van der Waals surface area contributed by atoms with E-state index >= 15 is 0 Å². The molecule has 1 fully saturated rings. The maximum Gasteiger partial charge on any atom is 0.0571 e. The molecule has 2 nitrogen and oxygen atoms in total. The minimum atomic E-state index is 0.540. The Balaban J connectivity index is 2.16. The molecule has 0 bridgehead atoms. The van der Waals surface area contributed by atoms with E-state index in [2.05, 4.69) is 24.5 Å². The van der Waals surface area contributed by atoms with Crippen molar-refractivity contribution in [3.8, 4) is 0 Å². The van der Waals surface area contributed by atoms with Crippen molar-refractivity contribution in [2.24, 2.45) is 0 Å². The van der Waals surface area contributed by atoms with E-state index in [4.69, 9.17) is 0 Å². The second-order valence-electron chi connectivity index (χ2n) is 4.42. The highest BCUT2D eigenvalue weighted by Gasteiger charge is 2.15. The van der Waals surface area contributed by atoms with Crippen molar-refractivity contribution < 1.29 is 0 Å². The second-order valence-corrected chi connectivity index (χ2v) is 4.42. The maximum atomic E-state index is 3.73. The molecule has 0 aliphatic heterocycles. The molecule has 1 saturated carbocycles. The third-order valence-corrected chi connectivity index (χ3v) is 3.09. The van der Waals surface area contributed by atoms with Crippen LogP contribution in [0, 0.1) is 0 Å². The Hall–Kier alpha value is -0.0800. The molecule has 0 amide bonds. The van der Waals surface area contributed by atoms with Gasteiger partial charge in [0.2, 0.25) is 0 Å². The van der Waals surface area contributed by atoms with Gasteiger partial charge in [-0.2, -0.15) is 0 Å². The molecule has 1 aliphatic carbocycles. The predicted octanol–water partition coefficient (Wildman–Crippen LogP) is 2.64. The molecule has 14 heavy (non-hydrogen) atoms. The lowest BCUT2D eigenvalue weighted by atomic mass is 9.95. The van der Waals surface area contributed by atoms with Gasteiger partial charge < -0.3 is 5.32 Å². The quantitative estimate of drug-likeness (QED) is 0.641. The molecule has 2 heteroatoms. The van der Waals surface area contributed by atoms with Gasteiger partial charge in [-0.1, -0.05) is 33.1 Å². The SMILES string of the molecule is CCCNC(CC)NC1CCCCC1. The summed E-state index contributed by atoms with van der Waals surface area (Å²) in [5.41, 5.74) is 0. The fourth-order valence-corrected chi connectivity index (χ4v) is 2.19. The van der Waals surface area contributed by atoms with Crippen LogP contribution in [0.2, 0.25) is 0 Å². The lowest BCUT2D eigenvalue weighted by Crippen LogP contribution is -2.47. The van der Waals surface area contributed by atoms with E-state index in [1.54, 1.807) is 0 Å². The molecule has 1 unspecified atom stereocenters. The summed E-state index contributed by atoms with van der Waals surface area (Å²) in [7, 11) is 0. The van der Waals surface area contributed by atoms with Gasteiger partial charge in [0, 0.05) is 6.04 Å². The second kappa shape index (κ2) is 7.24. The molecule has 1 aliphatic rings. The summed E-state index contributed by atoms with van der Waals surface area (Å²) in [5.74, 6) is 0. The molecule has 1 rings (SSSR count). The zero-order valence-electron chi connectivity index (χ0n) is 9.81. The van der Waals surface area contributed by atoms with Crippen molar-refractivity contribution in [3.05, 3.63) is 0 Å². The van der Waals surface area contributed by atoms with Crippen LogP contribution < -0.4 is 10.6 Å². The summed E-state index contributed by atoms with van der Waals surface area (Å²) in [6.45, 7) is 5.61. The third-order valence-electron chi connectivity index (χ3n) is 3.09. The van der Waals surface area contributed by atoms with Gasteiger partial charge in [0.15, 0.2) is 0 Å². The van der Waals surface area contributed by atoms with E-state index in [-0.39, 0.29) is 0 Å². The smallest absolute Gasteiger partial charge is 0.0571 e. The first kappa shape index (κ1) is 12.0. The molecule has 0 saturated heterocycles. The number of rotatable bonds is 6. The highest BCUT2D eigenvalue weighted by Crippen LogP contribution is 2.17. The Morgan fingerprint density at radius 1 is 1.14 bits per heavy atom. The first-order valence-corrected chi connectivity index (χ1v) is 6.36. The van der Waals surface area contributed by atoms with Gasteiger partial charge in [-0.3, -0.25) is 5.32 Å². The molecule has 0 aromatic carbocycles. The molecule has 2 N–H and O–H groups in total. The number of nitrogens with one attached hydrogen (secondary N) is 2. The summed E-state index contributed by atoms with van der Waals surface area (Å²) in [4.78, 5) is 0. The van der Waals surface area contributed by atoms with Crippen molar-refractivity contribution in [3.63, 3.8) is 0 Å². The zero-order chi connectivity index (χ0) is 10.2. The summed E-state index contributed by atoms with van der Waals surface area (Å²) in [6, 6.07) is 0.776. The molecule has 0 aromatic heterocycles. The van der Waals surface area contributed by atoms with Crippen LogP contribution in [-0.2, 0) is 0 Å². The van der Waals surface area contributed by atoms with Gasteiger partial charge >= 0.3 is 0 Å². The Morgan fingerprint density at radius 2 is 1.86 bits per heavy atom. The van der Waals surface area contributed by atoms with Crippen LogP contribution in [0.3, 0.4) is 0 Å². The number of hydrogen-bond acceptors (Lipinski definition) is 2. The van der Waals surface area contributed by atoms with Gasteiger partial charge in [-0.15, -0.1) is 0 Å². The predicted molar refractivity (Wildman–Crippen MR) is 62.4 cm³/mol. The highest BCUT2D eigenvalue weighted by atomic mass is 15.1. The largest absolute Gasteiger partial charge is 0.302 e. The van der Waals surface area contributed by atoms with Crippen LogP contribution in [0.15, 0.2) is 0 Å². The van der Waals surface area contributed by atoms with Crippen LogP contribution >= 0.6 is 0 Å². The van der Waals surface area contributed by atoms with Crippen molar-refractivity contribution in [1.29, 1.82) is 0 Å². The van der Waals surface area contributed by atoms with Gasteiger partial charge in [0.05, 0.1) is 6.17 Å². The van der Waals surface area contributed by atoms with Crippen LogP contribution in [0.4, 0.5) is 0 Å². The monoisotopic (exact) mass is 198 g/mol. The molecule has 0 heterocycles. The first-order chi connectivity index (χ1) is 6.86. The Kier molecular flexibility index (Phi) is 6.20. The summed E-state index contributed by atoms with van der Waals surface area (Å²) >= 11 is 0. The first-order valence-electron chi connectivity index (χ1n) is 6.36. The van der Waals surface area contributed by atoms with E-state index in [9.17, 15) is 0 Å². The minimum Gasteiger partial charge on any atom is -0.302 e. The van der Waals surface area contributed by atoms with Crippen LogP contribution in [0.25, 0.3) is 0 Å². The highest BCUT2D eigenvalue weighted by molar-refractivity contribution is 4.75. The summed E-state index contributed by atoms with van der Waals surface area (Å²) in [6.07, 6.45) is 9.99. The summed E-state index contributed by atoms with van der Waals surface area (Å²) < 4.78 is 0. The van der Waals surface area contributed by atoms with E-state index in [0.717, 1.165) is 12.6 Å². The lowest BCUT2D eigenvalue weighted by Gasteiger charge is -2.28. The molecule has 84 valence electrons. The Bertz CT molecular complexity index is 130. The van der Waals surface area contributed by atoms with Crippen molar-refractivity contribution in [1.82, 2.24) is 10.6 Å². The van der Waals surface area contributed by atoms with Crippen LogP contribution in [0.1, 0.15) is 58.8 Å². The average molecular weight is 198 g/mol. The average Bonchev–Trinajstić information content (AvgIpc) is 2.25. The topological polar surface area (TPSA) is 24.1 Å². The molecular formula is C12H26N2. The Morgan fingerprint density at radius 3 is 2.43 bits per heavy atom. The van der Waals surface area contributed by atoms with Crippen LogP contribution in [-0.4, -0.2) is 18.8 Å². The van der Waals surface area contributed by atoms with E-state index in [1.807, 2.05) is 0 Å². The molecule has 0 radical (unpaired) electrons. The zero-order valence-corrected chi connectivity index (χ0v) is 9.81. The number of hydrogen-bond donors (Lipinski definition) is 2. The van der Waals surface area contributed by atoms with Crippen molar-refractivity contribution >= 4 is 0 Å².